The Balaban J connectivity index is 2.72. The van der Waals surface area contributed by atoms with Gasteiger partial charge in [-0.3, -0.25) is 0 Å². The summed E-state index contributed by atoms with van der Waals surface area (Å²) in [7, 11) is 0. The minimum Gasteiger partial charge on any atom is -0.394 e. The molecule has 4 heteroatoms. The van der Waals surface area contributed by atoms with Gasteiger partial charge in [0.25, 0.3) is 0 Å². The van der Waals surface area contributed by atoms with Crippen molar-refractivity contribution in [3.8, 4) is 0 Å². The van der Waals surface area contributed by atoms with E-state index >= 15 is 0 Å². The van der Waals surface area contributed by atoms with Gasteiger partial charge in [-0.1, -0.05) is 0 Å². The van der Waals surface area contributed by atoms with E-state index in [1.165, 1.54) is 9.75 Å². The summed E-state index contributed by atoms with van der Waals surface area (Å²) in [6, 6.07) is 2.11. The van der Waals surface area contributed by atoms with Crippen molar-refractivity contribution in [1.29, 1.82) is 0 Å². The molecule has 1 aromatic rings. The predicted molar refractivity (Wildman–Crippen MR) is 58.6 cm³/mol. The maximum atomic E-state index is 8.67. The third-order valence-electron chi connectivity index (χ3n) is 2.05. The monoisotopic (exact) mass is 215 g/mol. The Morgan fingerprint density at radius 2 is 2.29 bits per heavy atom. The molecule has 0 aliphatic heterocycles. The number of ether oxygens (including phenoxy) is 1. The number of thiophene rings is 1. The summed E-state index contributed by atoms with van der Waals surface area (Å²) in [5, 5.41) is 8.67. The molecule has 0 spiro atoms. The molecule has 0 radical (unpaired) electrons. The zero-order chi connectivity index (χ0) is 10.6. The minimum absolute atomic E-state index is 0.0403. The fraction of sp³-hybridized carbons (Fsp3) is 0.600. The first-order valence-electron chi connectivity index (χ1n) is 4.68. The predicted octanol–water partition coefficient (Wildman–Crippen LogP) is 1.37. The van der Waals surface area contributed by atoms with E-state index in [4.69, 9.17) is 15.6 Å². The van der Waals surface area contributed by atoms with Crippen LogP contribution in [0, 0.1) is 13.8 Å². The Hall–Kier alpha value is -0.420. The maximum Gasteiger partial charge on any atom is 0.0958 e. The van der Waals surface area contributed by atoms with Crippen LogP contribution in [0.3, 0.4) is 0 Å². The number of nitrogens with two attached hydrogens (primary N) is 1. The highest BCUT2D eigenvalue weighted by Gasteiger charge is 2.14. The summed E-state index contributed by atoms with van der Waals surface area (Å²) in [6.45, 7) is 4.98. The molecule has 0 saturated heterocycles. The normalized spacial score (nSPS) is 13.1. The van der Waals surface area contributed by atoms with Gasteiger partial charge < -0.3 is 15.6 Å². The highest BCUT2D eigenvalue weighted by atomic mass is 32.1. The zero-order valence-corrected chi connectivity index (χ0v) is 9.43. The lowest BCUT2D eigenvalue weighted by Gasteiger charge is -2.15. The molecular formula is C10H17NO2S. The number of aryl methyl sites for hydroxylation is 2. The van der Waals surface area contributed by atoms with Crippen molar-refractivity contribution in [2.75, 3.05) is 19.8 Å². The van der Waals surface area contributed by atoms with E-state index < -0.39 is 0 Å². The Morgan fingerprint density at radius 3 is 2.71 bits per heavy atom. The van der Waals surface area contributed by atoms with Gasteiger partial charge in [-0.05, 0) is 25.5 Å². The van der Waals surface area contributed by atoms with Crippen LogP contribution < -0.4 is 5.73 Å². The van der Waals surface area contributed by atoms with Crippen LogP contribution in [-0.2, 0) is 4.74 Å². The van der Waals surface area contributed by atoms with Crippen LogP contribution in [0.25, 0.3) is 0 Å². The second kappa shape index (κ2) is 5.46. The summed E-state index contributed by atoms with van der Waals surface area (Å²) in [5.41, 5.74) is 6.78. The maximum absolute atomic E-state index is 8.67. The summed E-state index contributed by atoms with van der Waals surface area (Å²) < 4.78 is 5.45. The molecule has 1 rings (SSSR count). The fourth-order valence-corrected chi connectivity index (χ4v) is 2.43. The highest BCUT2D eigenvalue weighted by molar-refractivity contribution is 7.12. The molecule has 1 heterocycles. The van der Waals surface area contributed by atoms with Gasteiger partial charge in [0.2, 0.25) is 0 Å². The quantitative estimate of drug-likeness (QED) is 0.780. The lowest BCUT2D eigenvalue weighted by molar-refractivity contribution is 0.0328. The van der Waals surface area contributed by atoms with Crippen LogP contribution in [0.4, 0.5) is 0 Å². The topological polar surface area (TPSA) is 55.5 Å². The van der Waals surface area contributed by atoms with Crippen molar-refractivity contribution in [3.05, 3.63) is 21.4 Å². The summed E-state index contributed by atoms with van der Waals surface area (Å²) in [5.74, 6) is 0. The van der Waals surface area contributed by atoms with Crippen LogP contribution >= 0.6 is 11.3 Å². The Kier molecular flexibility index (Phi) is 4.54. The SMILES string of the molecule is Cc1cc(C(CN)OCCO)c(C)s1. The molecule has 1 unspecified atom stereocenters. The van der Waals surface area contributed by atoms with E-state index in [0.717, 1.165) is 5.56 Å². The van der Waals surface area contributed by atoms with Crippen LogP contribution in [0.1, 0.15) is 21.4 Å². The summed E-state index contributed by atoms with van der Waals surface area (Å²) in [6.07, 6.45) is -0.0768. The second-order valence-electron chi connectivity index (χ2n) is 3.19. The number of hydrogen-bond donors (Lipinski definition) is 2. The van der Waals surface area contributed by atoms with Crippen molar-refractivity contribution in [2.45, 2.75) is 20.0 Å². The van der Waals surface area contributed by atoms with Crippen molar-refractivity contribution in [1.82, 2.24) is 0 Å². The molecule has 80 valence electrons. The van der Waals surface area contributed by atoms with Crippen LogP contribution in [0.5, 0.6) is 0 Å². The zero-order valence-electron chi connectivity index (χ0n) is 8.62. The lowest BCUT2D eigenvalue weighted by Crippen LogP contribution is -2.17. The smallest absolute Gasteiger partial charge is 0.0958 e. The van der Waals surface area contributed by atoms with Gasteiger partial charge in [-0.25, -0.2) is 0 Å². The van der Waals surface area contributed by atoms with E-state index in [2.05, 4.69) is 19.9 Å². The summed E-state index contributed by atoms with van der Waals surface area (Å²) >= 11 is 1.75. The van der Waals surface area contributed by atoms with Crippen molar-refractivity contribution >= 4 is 11.3 Å². The van der Waals surface area contributed by atoms with E-state index in [9.17, 15) is 0 Å². The molecule has 0 aromatic carbocycles. The Bertz CT molecular complexity index is 286. The molecule has 1 aromatic heterocycles. The Labute approximate surface area is 88.5 Å². The molecule has 0 fully saturated rings. The van der Waals surface area contributed by atoms with E-state index in [1.807, 2.05) is 0 Å². The molecule has 0 aliphatic rings. The van der Waals surface area contributed by atoms with Crippen molar-refractivity contribution in [3.63, 3.8) is 0 Å². The van der Waals surface area contributed by atoms with Gasteiger partial charge in [0.15, 0.2) is 0 Å². The van der Waals surface area contributed by atoms with E-state index in [0.29, 0.717) is 13.2 Å². The van der Waals surface area contributed by atoms with Gasteiger partial charge in [0.05, 0.1) is 19.3 Å². The minimum atomic E-state index is -0.0768. The molecule has 3 nitrogen and oxygen atoms in total. The first-order valence-corrected chi connectivity index (χ1v) is 5.50. The van der Waals surface area contributed by atoms with E-state index in [1.54, 1.807) is 11.3 Å². The van der Waals surface area contributed by atoms with Gasteiger partial charge in [0, 0.05) is 16.3 Å². The largest absolute Gasteiger partial charge is 0.394 e. The third-order valence-corrected chi connectivity index (χ3v) is 3.03. The molecule has 1 atom stereocenters. The number of rotatable bonds is 5. The highest BCUT2D eigenvalue weighted by Crippen LogP contribution is 2.27. The number of aliphatic hydroxyl groups excluding tert-OH is 1. The Morgan fingerprint density at radius 1 is 1.57 bits per heavy atom. The molecule has 14 heavy (non-hydrogen) atoms. The molecule has 0 amide bonds. The van der Waals surface area contributed by atoms with Crippen LogP contribution in [0.15, 0.2) is 6.07 Å². The average molecular weight is 215 g/mol. The fourth-order valence-electron chi connectivity index (χ4n) is 1.45. The number of aliphatic hydroxyl groups is 1. The third kappa shape index (κ3) is 2.78. The molecule has 0 saturated carbocycles. The average Bonchev–Trinajstić information content (AvgIpc) is 2.47. The van der Waals surface area contributed by atoms with Crippen LogP contribution in [-0.4, -0.2) is 24.9 Å². The van der Waals surface area contributed by atoms with Gasteiger partial charge >= 0.3 is 0 Å². The first kappa shape index (κ1) is 11.7. The van der Waals surface area contributed by atoms with Gasteiger partial charge in [-0.2, -0.15) is 0 Å². The summed E-state index contributed by atoms with van der Waals surface area (Å²) in [4.78, 5) is 2.51. The second-order valence-corrected chi connectivity index (χ2v) is 4.65. The van der Waals surface area contributed by atoms with Gasteiger partial charge in [0.1, 0.15) is 0 Å². The standard InChI is InChI=1S/C10H17NO2S/c1-7-5-9(8(2)14-7)10(6-11)13-4-3-12/h5,10,12H,3-4,6,11H2,1-2H3. The van der Waals surface area contributed by atoms with Crippen LogP contribution in [0.2, 0.25) is 0 Å². The molecular weight excluding hydrogens is 198 g/mol. The van der Waals surface area contributed by atoms with E-state index in [-0.39, 0.29) is 12.7 Å². The molecule has 0 aliphatic carbocycles. The molecule has 0 bridgehead atoms. The van der Waals surface area contributed by atoms with Crippen molar-refractivity contribution < 1.29 is 9.84 Å². The number of hydrogen-bond acceptors (Lipinski definition) is 4. The first-order chi connectivity index (χ1) is 6.69. The van der Waals surface area contributed by atoms with Crippen molar-refractivity contribution in [2.24, 2.45) is 5.73 Å². The molecule has 3 N–H and O–H groups in total. The lowest BCUT2D eigenvalue weighted by atomic mass is 10.1. The van der Waals surface area contributed by atoms with Gasteiger partial charge in [-0.15, -0.1) is 11.3 Å².